The molecule has 2 aromatic carbocycles. The van der Waals surface area contributed by atoms with Crippen molar-refractivity contribution < 1.29 is 19.8 Å². The molecule has 6 rings (SSSR count). The van der Waals surface area contributed by atoms with Gasteiger partial charge in [0.15, 0.2) is 11.5 Å². The van der Waals surface area contributed by atoms with E-state index < -0.39 is 0 Å². The molecule has 1 saturated carbocycles. The third-order valence-corrected chi connectivity index (χ3v) is 8.14. The molecular formula is C32H32N4O4S. The minimum atomic E-state index is -0.302. The summed E-state index contributed by atoms with van der Waals surface area (Å²) in [6.07, 6.45) is 9.40. The summed E-state index contributed by atoms with van der Waals surface area (Å²) in [6, 6.07) is 18.1. The highest BCUT2D eigenvalue weighted by atomic mass is 32.1. The van der Waals surface area contributed by atoms with Crippen LogP contribution in [0.5, 0.6) is 11.5 Å². The summed E-state index contributed by atoms with van der Waals surface area (Å²) in [5, 5.41) is 29.7. The third kappa shape index (κ3) is 6.81. The Labute approximate surface area is 242 Å². The molecule has 5 aromatic rings. The molecule has 1 aliphatic carbocycles. The summed E-state index contributed by atoms with van der Waals surface area (Å²) in [7, 11) is 0. The number of pyridine rings is 2. The number of aromatic nitrogens is 2. The Morgan fingerprint density at radius 2 is 1.34 bits per heavy atom. The molecule has 3 heterocycles. The summed E-state index contributed by atoms with van der Waals surface area (Å²) < 4.78 is 0. The maximum absolute atomic E-state index is 12.3. The lowest BCUT2D eigenvalue weighted by Crippen LogP contribution is -2.30. The van der Waals surface area contributed by atoms with Gasteiger partial charge in [-0.1, -0.05) is 49.6 Å². The number of fused-ring (bicyclic) bond motifs is 2. The van der Waals surface area contributed by atoms with Gasteiger partial charge in [0, 0.05) is 34.6 Å². The third-order valence-electron chi connectivity index (χ3n) is 7.26. The van der Waals surface area contributed by atoms with Crippen LogP contribution in [0.15, 0.2) is 78.4 Å². The van der Waals surface area contributed by atoms with Gasteiger partial charge in [-0.05, 0) is 54.5 Å². The molecule has 0 spiro atoms. The number of amides is 2. The van der Waals surface area contributed by atoms with E-state index in [9.17, 15) is 19.8 Å². The van der Waals surface area contributed by atoms with Crippen molar-refractivity contribution >= 4 is 45.0 Å². The van der Waals surface area contributed by atoms with Gasteiger partial charge in [0.2, 0.25) is 0 Å². The molecule has 210 valence electrons. The van der Waals surface area contributed by atoms with E-state index in [1.165, 1.54) is 32.1 Å². The first-order chi connectivity index (χ1) is 20.0. The molecule has 0 bridgehead atoms. The number of phenolic OH excluding ortho intramolecular Hbond substituents is 2. The van der Waals surface area contributed by atoms with Gasteiger partial charge in [-0.3, -0.25) is 19.6 Å². The average molecular weight is 569 g/mol. The molecule has 1 aliphatic rings. The Hall–Kier alpha value is -4.50. The zero-order chi connectivity index (χ0) is 28.6. The number of hydrogen-bond acceptors (Lipinski definition) is 7. The largest absolute Gasteiger partial charge is 0.505 e. The lowest BCUT2D eigenvalue weighted by Gasteiger charge is -2.21. The molecular weight excluding hydrogens is 536 g/mol. The second kappa shape index (κ2) is 13.2. The van der Waals surface area contributed by atoms with Crippen LogP contribution in [0.25, 0.3) is 21.8 Å². The Balaban J connectivity index is 0.000000165. The molecule has 0 radical (unpaired) electrons. The van der Waals surface area contributed by atoms with Crippen LogP contribution in [0, 0.1) is 5.92 Å². The van der Waals surface area contributed by atoms with E-state index in [4.69, 9.17) is 0 Å². The summed E-state index contributed by atoms with van der Waals surface area (Å²) >= 11 is 1.58. The molecule has 9 heteroatoms. The maximum atomic E-state index is 12.3. The van der Waals surface area contributed by atoms with E-state index in [2.05, 4.69) is 20.6 Å². The highest BCUT2D eigenvalue weighted by Gasteiger charge is 2.18. The second-order valence-electron chi connectivity index (χ2n) is 10.0. The number of nitrogens with zero attached hydrogens (tertiary/aromatic N) is 2. The molecule has 1 fully saturated rings. The number of nitrogens with one attached hydrogen (secondary N) is 2. The summed E-state index contributed by atoms with van der Waals surface area (Å²) in [5.74, 6) is -0.0569. The average Bonchev–Trinajstić information content (AvgIpc) is 3.54. The van der Waals surface area contributed by atoms with Crippen LogP contribution in [0.4, 0.5) is 0 Å². The number of hydrogen-bond donors (Lipinski definition) is 4. The van der Waals surface area contributed by atoms with E-state index in [1.54, 1.807) is 48.0 Å². The van der Waals surface area contributed by atoms with Crippen LogP contribution in [-0.2, 0) is 6.54 Å². The maximum Gasteiger partial charge on any atom is 0.255 e. The molecule has 4 N–H and O–H groups in total. The van der Waals surface area contributed by atoms with E-state index in [0.29, 0.717) is 35.6 Å². The van der Waals surface area contributed by atoms with E-state index in [0.717, 1.165) is 15.6 Å². The Kier molecular flexibility index (Phi) is 9.05. The first kappa shape index (κ1) is 28.0. The van der Waals surface area contributed by atoms with Crippen molar-refractivity contribution in [2.24, 2.45) is 5.92 Å². The Morgan fingerprint density at radius 1 is 0.756 bits per heavy atom. The molecule has 41 heavy (non-hydrogen) atoms. The van der Waals surface area contributed by atoms with Crippen LogP contribution < -0.4 is 10.6 Å². The molecule has 0 atom stereocenters. The zero-order valence-electron chi connectivity index (χ0n) is 22.5. The molecule has 0 aliphatic heterocycles. The minimum absolute atomic E-state index is 0.0331. The first-order valence-electron chi connectivity index (χ1n) is 13.7. The highest BCUT2D eigenvalue weighted by molar-refractivity contribution is 7.09. The van der Waals surface area contributed by atoms with E-state index in [-0.39, 0.29) is 28.9 Å². The standard InChI is InChI=1S/C17H20N2O2.C15H12N2O2S/c20-16-14(9-8-13-7-4-10-18-15(13)16)17(21)19-11-12-5-2-1-3-6-12;18-14-12(6-5-10-3-1-7-16-13(10)14)15(19)17-9-11-4-2-8-20-11/h4,7-10,12,20H,1-3,5-6,11H2,(H,19,21);1-8,18H,9H2,(H,17,19). The normalized spacial score (nSPS) is 13.4. The van der Waals surface area contributed by atoms with Crippen molar-refractivity contribution in [3.8, 4) is 11.5 Å². The smallest absolute Gasteiger partial charge is 0.255 e. The minimum Gasteiger partial charge on any atom is -0.505 e. The fraction of sp³-hybridized carbons (Fsp3) is 0.250. The van der Waals surface area contributed by atoms with Gasteiger partial charge in [-0.15, -0.1) is 11.3 Å². The fourth-order valence-corrected chi connectivity index (χ4v) is 5.67. The van der Waals surface area contributed by atoms with Gasteiger partial charge >= 0.3 is 0 Å². The summed E-state index contributed by atoms with van der Waals surface area (Å²) in [5.41, 5.74) is 1.46. The second-order valence-corrected chi connectivity index (χ2v) is 11.1. The van der Waals surface area contributed by atoms with Crippen molar-refractivity contribution in [2.75, 3.05) is 6.54 Å². The number of thiophene rings is 1. The molecule has 3 aromatic heterocycles. The van der Waals surface area contributed by atoms with Crippen LogP contribution in [0.2, 0.25) is 0 Å². The van der Waals surface area contributed by atoms with Crippen LogP contribution >= 0.6 is 11.3 Å². The van der Waals surface area contributed by atoms with Gasteiger partial charge in [0.05, 0.1) is 17.7 Å². The zero-order valence-corrected chi connectivity index (χ0v) is 23.4. The van der Waals surface area contributed by atoms with Crippen molar-refractivity contribution in [2.45, 2.75) is 38.6 Å². The van der Waals surface area contributed by atoms with Crippen LogP contribution in [-0.4, -0.2) is 38.5 Å². The summed E-state index contributed by atoms with van der Waals surface area (Å²) in [6.45, 7) is 1.15. The SMILES string of the molecule is O=C(NCC1CCCCC1)c1ccc2cccnc2c1O.O=C(NCc1cccs1)c1ccc2cccnc2c1O. The predicted molar refractivity (Wildman–Crippen MR) is 161 cm³/mol. The molecule has 8 nitrogen and oxygen atoms in total. The van der Waals surface area contributed by atoms with Gasteiger partial charge in [-0.2, -0.15) is 0 Å². The topological polar surface area (TPSA) is 124 Å². The lowest BCUT2D eigenvalue weighted by atomic mass is 9.89. The number of carbonyl (C=O) groups is 2. The monoisotopic (exact) mass is 568 g/mol. The fourth-order valence-electron chi connectivity index (χ4n) is 5.03. The number of rotatable bonds is 6. The van der Waals surface area contributed by atoms with E-state index in [1.807, 2.05) is 41.8 Å². The lowest BCUT2D eigenvalue weighted by molar-refractivity contribution is 0.0935. The predicted octanol–water partition coefficient (Wildman–Crippen LogP) is 6.18. The number of benzene rings is 2. The summed E-state index contributed by atoms with van der Waals surface area (Å²) in [4.78, 5) is 33.7. The number of aromatic hydroxyl groups is 2. The van der Waals surface area contributed by atoms with Crippen molar-refractivity contribution in [1.29, 1.82) is 0 Å². The number of phenols is 2. The highest BCUT2D eigenvalue weighted by Crippen LogP contribution is 2.28. The van der Waals surface area contributed by atoms with Gasteiger partial charge in [0.1, 0.15) is 11.0 Å². The Morgan fingerprint density at radius 3 is 1.90 bits per heavy atom. The van der Waals surface area contributed by atoms with Crippen LogP contribution in [0.3, 0.4) is 0 Å². The van der Waals surface area contributed by atoms with Gasteiger partial charge < -0.3 is 20.8 Å². The quantitative estimate of drug-likeness (QED) is 0.194. The number of carbonyl (C=O) groups excluding carboxylic acids is 2. The molecule has 0 saturated heterocycles. The van der Waals surface area contributed by atoms with E-state index >= 15 is 0 Å². The first-order valence-corrected chi connectivity index (χ1v) is 14.6. The molecule has 0 unspecified atom stereocenters. The van der Waals surface area contributed by atoms with Crippen LogP contribution in [0.1, 0.15) is 57.7 Å². The van der Waals surface area contributed by atoms with Crippen molar-refractivity contribution in [1.82, 2.24) is 20.6 Å². The van der Waals surface area contributed by atoms with Gasteiger partial charge in [-0.25, -0.2) is 0 Å². The van der Waals surface area contributed by atoms with Crippen molar-refractivity contribution in [3.05, 3.63) is 94.4 Å². The Bertz CT molecular complexity index is 1650. The van der Waals surface area contributed by atoms with Crippen molar-refractivity contribution in [3.63, 3.8) is 0 Å². The van der Waals surface area contributed by atoms with Gasteiger partial charge in [0.25, 0.3) is 11.8 Å². The molecule has 2 amide bonds.